The summed E-state index contributed by atoms with van der Waals surface area (Å²) >= 11 is 0. The predicted octanol–water partition coefficient (Wildman–Crippen LogP) is 2.54. The molecule has 2 aromatic rings. The highest BCUT2D eigenvalue weighted by molar-refractivity contribution is 5.50. The first kappa shape index (κ1) is 17.1. The zero-order valence-corrected chi connectivity index (χ0v) is 13.7. The van der Waals surface area contributed by atoms with Gasteiger partial charge in [-0.2, -0.15) is 0 Å². The highest BCUT2D eigenvalue weighted by Crippen LogP contribution is 2.34. The average molecular weight is 317 g/mol. The summed E-state index contributed by atoms with van der Waals surface area (Å²) in [4.78, 5) is 0. The van der Waals surface area contributed by atoms with Gasteiger partial charge in [0.15, 0.2) is 11.5 Å². The van der Waals surface area contributed by atoms with Crippen molar-refractivity contribution >= 4 is 0 Å². The number of aliphatic hydroxyl groups is 1. The molecule has 124 valence electrons. The first-order chi connectivity index (χ1) is 11.2. The van der Waals surface area contributed by atoms with Crippen LogP contribution < -0.4 is 19.5 Å². The lowest BCUT2D eigenvalue weighted by Crippen LogP contribution is -2.21. The van der Waals surface area contributed by atoms with Gasteiger partial charge in [0.2, 0.25) is 0 Å². The molecule has 2 rings (SSSR count). The molecule has 2 N–H and O–H groups in total. The van der Waals surface area contributed by atoms with Crippen molar-refractivity contribution in [1.82, 2.24) is 5.32 Å². The van der Waals surface area contributed by atoms with Crippen LogP contribution in [0.2, 0.25) is 0 Å². The minimum atomic E-state index is -0.553. The Bertz CT molecular complexity index is 616. The van der Waals surface area contributed by atoms with Crippen molar-refractivity contribution in [3.05, 3.63) is 53.6 Å². The van der Waals surface area contributed by atoms with Crippen LogP contribution in [0.15, 0.2) is 42.5 Å². The van der Waals surface area contributed by atoms with E-state index in [-0.39, 0.29) is 0 Å². The first-order valence-electron chi connectivity index (χ1n) is 7.42. The molecule has 2 aromatic carbocycles. The van der Waals surface area contributed by atoms with Gasteiger partial charge in [-0.25, -0.2) is 0 Å². The zero-order valence-electron chi connectivity index (χ0n) is 13.7. The Labute approximate surface area is 136 Å². The van der Waals surface area contributed by atoms with E-state index in [0.29, 0.717) is 30.3 Å². The lowest BCUT2D eigenvalue weighted by atomic mass is 10.1. The molecule has 0 unspecified atom stereocenters. The molecule has 5 heteroatoms. The predicted molar refractivity (Wildman–Crippen MR) is 89.2 cm³/mol. The number of rotatable bonds is 8. The summed E-state index contributed by atoms with van der Waals surface area (Å²) in [6.45, 7) is 0.995. The van der Waals surface area contributed by atoms with E-state index in [2.05, 4.69) is 5.32 Å². The molecule has 0 saturated carbocycles. The van der Waals surface area contributed by atoms with Crippen LogP contribution in [-0.4, -0.2) is 33.0 Å². The Morgan fingerprint density at radius 1 is 0.913 bits per heavy atom. The van der Waals surface area contributed by atoms with Gasteiger partial charge in [0.05, 0.1) is 27.4 Å². The summed E-state index contributed by atoms with van der Waals surface area (Å²) in [5, 5.41) is 13.4. The number of hydrogen-bond donors (Lipinski definition) is 2. The number of benzene rings is 2. The van der Waals surface area contributed by atoms with Gasteiger partial charge < -0.3 is 24.6 Å². The number of methoxy groups -OCH3 is 3. The normalized spacial score (nSPS) is 11.8. The lowest BCUT2D eigenvalue weighted by Gasteiger charge is -2.16. The first-order valence-corrected chi connectivity index (χ1v) is 7.42. The Balaban J connectivity index is 2.02. The third kappa shape index (κ3) is 4.37. The molecule has 0 bridgehead atoms. The number of ether oxygens (including phenoxy) is 3. The zero-order chi connectivity index (χ0) is 16.7. The summed E-state index contributed by atoms with van der Waals surface area (Å²) in [6, 6.07) is 13.2. The summed E-state index contributed by atoms with van der Waals surface area (Å²) < 4.78 is 16.0. The highest BCUT2D eigenvalue weighted by Gasteiger charge is 2.12. The monoisotopic (exact) mass is 317 g/mol. The topological polar surface area (TPSA) is 60.0 Å². The Morgan fingerprint density at radius 2 is 1.52 bits per heavy atom. The van der Waals surface area contributed by atoms with Crippen molar-refractivity contribution < 1.29 is 19.3 Å². The van der Waals surface area contributed by atoms with E-state index in [0.717, 1.165) is 11.1 Å². The van der Waals surface area contributed by atoms with Gasteiger partial charge in [0.25, 0.3) is 0 Å². The van der Waals surface area contributed by atoms with Gasteiger partial charge in [-0.3, -0.25) is 0 Å². The molecule has 0 fully saturated rings. The summed E-state index contributed by atoms with van der Waals surface area (Å²) in [5.74, 6) is 1.98. The van der Waals surface area contributed by atoms with Crippen LogP contribution in [-0.2, 0) is 6.54 Å². The standard InChI is InChI=1S/C18H23NO4/c1-21-16-10-18(23-3)17(22-2)9-14(16)11-19-12-15(20)13-7-5-4-6-8-13/h4-10,15,19-20H,11-12H2,1-3H3/t15-/m0/s1. The molecule has 0 spiro atoms. The molecule has 0 aliphatic rings. The molecular formula is C18H23NO4. The summed E-state index contributed by atoms with van der Waals surface area (Å²) in [7, 11) is 4.80. The number of hydrogen-bond acceptors (Lipinski definition) is 5. The SMILES string of the molecule is COc1cc(OC)c(OC)cc1CNC[C@H](O)c1ccccc1. The summed E-state index contributed by atoms with van der Waals surface area (Å²) in [5.41, 5.74) is 1.82. The maximum absolute atomic E-state index is 10.2. The molecule has 23 heavy (non-hydrogen) atoms. The van der Waals surface area contributed by atoms with Crippen LogP contribution in [0.4, 0.5) is 0 Å². The van der Waals surface area contributed by atoms with E-state index in [1.54, 1.807) is 27.4 Å². The molecule has 0 aliphatic heterocycles. The van der Waals surface area contributed by atoms with Gasteiger partial charge in [-0.1, -0.05) is 30.3 Å². The summed E-state index contributed by atoms with van der Waals surface area (Å²) in [6.07, 6.45) is -0.553. The van der Waals surface area contributed by atoms with Crippen LogP contribution in [0.3, 0.4) is 0 Å². The van der Waals surface area contributed by atoms with E-state index in [9.17, 15) is 5.11 Å². The van der Waals surface area contributed by atoms with E-state index in [4.69, 9.17) is 14.2 Å². The molecule has 0 saturated heterocycles. The molecule has 0 aliphatic carbocycles. The second-order valence-corrected chi connectivity index (χ2v) is 5.08. The van der Waals surface area contributed by atoms with Gasteiger partial charge in [-0.05, 0) is 11.6 Å². The quantitative estimate of drug-likeness (QED) is 0.783. The second-order valence-electron chi connectivity index (χ2n) is 5.08. The lowest BCUT2D eigenvalue weighted by molar-refractivity contribution is 0.174. The molecular weight excluding hydrogens is 294 g/mol. The maximum atomic E-state index is 10.2. The third-order valence-corrected chi connectivity index (χ3v) is 3.62. The molecule has 0 aromatic heterocycles. The van der Waals surface area contributed by atoms with Gasteiger partial charge in [-0.15, -0.1) is 0 Å². The Hall–Kier alpha value is -2.24. The molecule has 0 heterocycles. The maximum Gasteiger partial charge on any atom is 0.164 e. The van der Waals surface area contributed by atoms with Gasteiger partial charge in [0, 0.05) is 24.7 Å². The van der Waals surface area contributed by atoms with Crippen LogP contribution in [0.25, 0.3) is 0 Å². The molecule has 1 atom stereocenters. The molecule has 5 nitrogen and oxygen atoms in total. The van der Waals surface area contributed by atoms with Crippen molar-refractivity contribution in [3.8, 4) is 17.2 Å². The van der Waals surface area contributed by atoms with Crippen molar-refractivity contribution in [2.75, 3.05) is 27.9 Å². The van der Waals surface area contributed by atoms with Crippen LogP contribution in [0, 0.1) is 0 Å². The third-order valence-electron chi connectivity index (χ3n) is 3.62. The van der Waals surface area contributed by atoms with Gasteiger partial charge >= 0.3 is 0 Å². The van der Waals surface area contributed by atoms with Crippen LogP contribution in [0.1, 0.15) is 17.2 Å². The Kier molecular flexibility index (Phi) is 6.26. The smallest absolute Gasteiger partial charge is 0.164 e. The van der Waals surface area contributed by atoms with Crippen molar-refractivity contribution in [3.63, 3.8) is 0 Å². The van der Waals surface area contributed by atoms with E-state index < -0.39 is 6.10 Å². The van der Waals surface area contributed by atoms with Gasteiger partial charge in [0.1, 0.15) is 5.75 Å². The Morgan fingerprint density at radius 3 is 2.13 bits per heavy atom. The van der Waals surface area contributed by atoms with Crippen molar-refractivity contribution in [2.45, 2.75) is 12.6 Å². The second kappa shape index (κ2) is 8.41. The van der Waals surface area contributed by atoms with E-state index in [1.165, 1.54) is 0 Å². The largest absolute Gasteiger partial charge is 0.496 e. The van der Waals surface area contributed by atoms with Crippen LogP contribution >= 0.6 is 0 Å². The highest BCUT2D eigenvalue weighted by atomic mass is 16.5. The van der Waals surface area contributed by atoms with Crippen molar-refractivity contribution in [2.24, 2.45) is 0 Å². The fourth-order valence-electron chi connectivity index (χ4n) is 2.37. The fourth-order valence-corrected chi connectivity index (χ4v) is 2.37. The van der Waals surface area contributed by atoms with Crippen molar-refractivity contribution in [1.29, 1.82) is 0 Å². The van der Waals surface area contributed by atoms with E-state index >= 15 is 0 Å². The minimum Gasteiger partial charge on any atom is -0.496 e. The average Bonchev–Trinajstić information content (AvgIpc) is 2.61. The van der Waals surface area contributed by atoms with E-state index in [1.807, 2.05) is 36.4 Å². The fraction of sp³-hybridized carbons (Fsp3) is 0.333. The number of nitrogens with one attached hydrogen (secondary N) is 1. The van der Waals surface area contributed by atoms with Crippen LogP contribution in [0.5, 0.6) is 17.2 Å². The number of aliphatic hydroxyl groups excluding tert-OH is 1. The minimum absolute atomic E-state index is 0.446. The molecule has 0 amide bonds. The molecule has 0 radical (unpaired) electrons.